The summed E-state index contributed by atoms with van der Waals surface area (Å²) in [6, 6.07) is 0. The van der Waals surface area contributed by atoms with Gasteiger partial charge >= 0.3 is 0 Å². The average Bonchev–Trinajstić information content (AvgIpc) is 2.43. The van der Waals surface area contributed by atoms with Crippen LogP contribution >= 0.6 is 24.4 Å². The largest absolute Gasteiger partial charge is 0.233 e. The van der Waals surface area contributed by atoms with E-state index in [1.807, 2.05) is 0 Å². The maximum absolute atomic E-state index is 4.52. The molecular weight excluding hydrogens is 272 g/mol. The van der Waals surface area contributed by atoms with Crippen molar-refractivity contribution in [1.82, 2.24) is 0 Å². The first-order chi connectivity index (χ1) is 9.41. The quantitative estimate of drug-likeness (QED) is 0.251. The molecule has 2 nitrogen and oxygen atoms in total. The summed E-state index contributed by atoms with van der Waals surface area (Å²) < 4.78 is 0. The molecule has 0 saturated heterocycles. The van der Waals surface area contributed by atoms with E-state index in [1.165, 1.54) is 51.4 Å². The van der Waals surface area contributed by atoms with Gasteiger partial charge in [0, 0.05) is 12.7 Å². The third kappa shape index (κ3) is 17.3. The summed E-state index contributed by atoms with van der Waals surface area (Å²) in [6.07, 6.45) is 16.6. The first-order valence-electron chi connectivity index (χ1n) is 7.17. The van der Waals surface area contributed by atoms with Crippen molar-refractivity contribution in [2.45, 2.75) is 64.2 Å². The van der Waals surface area contributed by atoms with Crippen molar-refractivity contribution < 1.29 is 0 Å². The van der Waals surface area contributed by atoms with E-state index in [0.717, 1.165) is 19.4 Å². The van der Waals surface area contributed by atoms with E-state index in [2.05, 4.69) is 50.8 Å². The summed E-state index contributed by atoms with van der Waals surface area (Å²) in [4.78, 5) is 7.64. The minimum Gasteiger partial charge on any atom is -0.233 e. The highest BCUT2D eigenvalue weighted by atomic mass is 32.1. The molecule has 4 heteroatoms. The van der Waals surface area contributed by atoms with Crippen LogP contribution in [-0.4, -0.2) is 16.9 Å². The highest BCUT2D eigenvalue weighted by Crippen LogP contribution is 2.10. The molecule has 0 rings (SSSR count). The molecule has 0 N–H and O–H groups in total. The molecule has 0 bridgehead atoms. The van der Waals surface area contributed by atoms with Crippen molar-refractivity contribution in [2.24, 2.45) is 9.98 Å². The van der Waals surface area contributed by atoms with Crippen molar-refractivity contribution >= 4 is 34.8 Å². The van der Waals surface area contributed by atoms with Crippen LogP contribution in [0.1, 0.15) is 64.2 Å². The SMILES string of the molecule is S=C=N/C=C\CCCCCCCCCCCN=C=S. The number of thiocarbonyl (C=S) groups is 2. The van der Waals surface area contributed by atoms with E-state index in [4.69, 9.17) is 0 Å². The molecule has 0 aromatic rings. The molecule has 0 atom stereocenters. The average molecular weight is 297 g/mol. The zero-order chi connectivity index (χ0) is 14.0. The predicted molar refractivity (Wildman–Crippen MR) is 90.2 cm³/mol. The Kier molecular flexibility index (Phi) is 16.7. The van der Waals surface area contributed by atoms with Gasteiger partial charge in [0.25, 0.3) is 0 Å². The predicted octanol–water partition coefficient (Wildman–Crippen LogP) is 5.61. The summed E-state index contributed by atoms with van der Waals surface area (Å²) in [5.41, 5.74) is 0. The summed E-state index contributed by atoms with van der Waals surface area (Å²) in [6.45, 7) is 0.851. The van der Waals surface area contributed by atoms with Gasteiger partial charge in [-0.05, 0) is 43.7 Å². The number of nitrogens with zero attached hydrogens (tertiary/aromatic N) is 2. The van der Waals surface area contributed by atoms with E-state index >= 15 is 0 Å². The summed E-state index contributed by atoms with van der Waals surface area (Å²) in [7, 11) is 0. The van der Waals surface area contributed by atoms with Gasteiger partial charge < -0.3 is 0 Å². The Labute approximate surface area is 128 Å². The van der Waals surface area contributed by atoms with Gasteiger partial charge in [-0.15, -0.1) is 0 Å². The van der Waals surface area contributed by atoms with Crippen LogP contribution in [0.25, 0.3) is 0 Å². The highest BCUT2D eigenvalue weighted by molar-refractivity contribution is 7.78. The standard InChI is InChI=1S/C15H24N2S2/c18-14-16-12-10-8-6-4-2-1-3-5-7-9-11-13-17-15-19/h10,12H,1-9,11,13H2/b12-10-. The molecule has 0 aliphatic carbocycles. The number of aliphatic imine (C=N–C) groups is 2. The molecule has 0 aromatic heterocycles. The monoisotopic (exact) mass is 296 g/mol. The van der Waals surface area contributed by atoms with Crippen LogP contribution in [0, 0.1) is 0 Å². The maximum atomic E-state index is 4.52. The molecule has 0 aromatic carbocycles. The molecule has 0 saturated carbocycles. The van der Waals surface area contributed by atoms with Crippen molar-refractivity contribution in [3.8, 4) is 0 Å². The molecule has 0 amide bonds. The van der Waals surface area contributed by atoms with Gasteiger partial charge in [-0.3, -0.25) is 0 Å². The Morgan fingerprint density at radius 2 is 1.32 bits per heavy atom. The lowest BCUT2D eigenvalue weighted by Crippen LogP contribution is -1.83. The van der Waals surface area contributed by atoms with E-state index in [-0.39, 0.29) is 0 Å². The Morgan fingerprint density at radius 3 is 1.89 bits per heavy atom. The van der Waals surface area contributed by atoms with Gasteiger partial charge in [0.05, 0.1) is 10.3 Å². The summed E-state index contributed by atoms with van der Waals surface area (Å²) >= 11 is 8.99. The van der Waals surface area contributed by atoms with Crippen molar-refractivity contribution in [3.05, 3.63) is 12.3 Å². The topological polar surface area (TPSA) is 24.7 Å². The lowest BCUT2D eigenvalue weighted by atomic mass is 10.1. The molecular formula is C15H24N2S2. The van der Waals surface area contributed by atoms with Crippen LogP contribution in [0.3, 0.4) is 0 Å². The van der Waals surface area contributed by atoms with Crippen LogP contribution in [-0.2, 0) is 0 Å². The van der Waals surface area contributed by atoms with Crippen LogP contribution in [0.5, 0.6) is 0 Å². The Hall–Kier alpha value is -0.660. The molecule has 0 aliphatic heterocycles. The summed E-state index contributed by atoms with van der Waals surface area (Å²) in [5.74, 6) is 0. The molecule has 0 radical (unpaired) electrons. The van der Waals surface area contributed by atoms with Gasteiger partial charge in [-0.25, -0.2) is 9.98 Å². The van der Waals surface area contributed by atoms with E-state index in [9.17, 15) is 0 Å². The van der Waals surface area contributed by atoms with Gasteiger partial charge in [0.1, 0.15) is 0 Å². The number of isothiocyanates is 2. The first kappa shape index (κ1) is 18.3. The van der Waals surface area contributed by atoms with E-state index in [0.29, 0.717) is 0 Å². The number of allylic oxidation sites excluding steroid dienone is 1. The highest BCUT2D eigenvalue weighted by Gasteiger charge is 1.92. The fourth-order valence-corrected chi connectivity index (χ4v) is 2.05. The minimum atomic E-state index is 0.851. The van der Waals surface area contributed by atoms with E-state index in [1.54, 1.807) is 6.20 Å². The summed E-state index contributed by atoms with van der Waals surface area (Å²) in [5, 5.41) is 4.72. The van der Waals surface area contributed by atoms with Crippen LogP contribution in [0.15, 0.2) is 22.3 Å². The second-order valence-corrected chi connectivity index (χ2v) is 4.91. The third-order valence-electron chi connectivity index (χ3n) is 2.94. The first-order valence-corrected chi connectivity index (χ1v) is 7.99. The van der Waals surface area contributed by atoms with Crippen molar-refractivity contribution in [3.63, 3.8) is 0 Å². The fraction of sp³-hybridized carbons (Fsp3) is 0.733. The van der Waals surface area contributed by atoms with Gasteiger partial charge in [-0.2, -0.15) is 0 Å². The molecule has 0 spiro atoms. The number of unbranched alkanes of at least 4 members (excludes halogenated alkanes) is 9. The van der Waals surface area contributed by atoms with Crippen LogP contribution in [0.4, 0.5) is 0 Å². The number of hydrogen-bond acceptors (Lipinski definition) is 4. The van der Waals surface area contributed by atoms with Crippen molar-refractivity contribution in [2.75, 3.05) is 6.54 Å². The van der Waals surface area contributed by atoms with E-state index < -0.39 is 0 Å². The molecule has 0 unspecified atom stereocenters. The zero-order valence-corrected chi connectivity index (χ0v) is 13.3. The number of hydrogen-bond donors (Lipinski definition) is 0. The minimum absolute atomic E-state index is 0.851. The molecule has 19 heavy (non-hydrogen) atoms. The Morgan fingerprint density at radius 1 is 0.737 bits per heavy atom. The fourth-order valence-electron chi connectivity index (χ4n) is 1.89. The second kappa shape index (κ2) is 17.3. The molecule has 106 valence electrons. The molecule has 0 aliphatic rings. The Balaban J connectivity index is 3.06. The van der Waals surface area contributed by atoms with Gasteiger partial charge in [-0.1, -0.05) is 51.0 Å². The van der Waals surface area contributed by atoms with Gasteiger partial charge in [0.2, 0.25) is 0 Å². The van der Waals surface area contributed by atoms with Crippen LogP contribution in [0.2, 0.25) is 0 Å². The normalized spacial score (nSPS) is 10.1. The molecule has 0 fully saturated rings. The second-order valence-electron chi connectivity index (χ2n) is 4.55. The van der Waals surface area contributed by atoms with Crippen molar-refractivity contribution in [1.29, 1.82) is 0 Å². The smallest absolute Gasteiger partial charge is 0.0634 e. The number of rotatable bonds is 13. The lowest BCUT2D eigenvalue weighted by Gasteiger charge is -2.01. The molecule has 0 heterocycles. The Bertz CT molecular complexity index is 314. The zero-order valence-electron chi connectivity index (χ0n) is 11.6. The third-order valence-corrected chi connectivity index (χ3v) is 3.17. The maximum Gasteiger partial charge on any atom is 0.0634 e. The lowest BCUT2D eigenvalue weighted by molar-refractivity contribution is 0.562. The van der Waals surface area contributed by atoms with Gasteiger partial charge in [0.15, 0.2) is 0 Å². The van der Waals surface area contributed by atoms with Crippen LogP contribution < -0.4 is 0 Å².